The van der Waals surface area contributed by atoms with E-state index in [0.717, 1.165) is 35.1 Å². The van der Waals surface area contributed by atoms with Crippen molar-refractivity contribution in [2.75, 3.05) is 0 Å². The molecule has 0 saturated carbocycles. The summed E-state index contributed by atoms with van der Waals surface area (Å²) in [5.74, 6) is 0.318. The highest BCUT2D eigenvalue weighted by Crippen LogP contribution is 2.32. The Morgan fingerprint density at radius 1 is 0.963 bits per heavy atom. The molecule has 0 amide bonds. The topological polar surface area (TPSA) is 39.1 Å². The van der Waals surface area contributed by atoms with Crippen molar-refractivity contribution in [3.05, 3.63) is 92.9 Å². The number of pyridine rings is 1. The number of nitrogens with zero attached hydrogens (tertiary/aromatic N) is 1. The van der Waals surface area contributed by atoms with Gasteiger partial charge >= 0.3 is 0 Å². The van der Waals surface area contributed by atoms with Gasteiger partial charge in [-0.3, -0.25) is 9.59 Å². The Kier molecular flexibility index (Phi) is 4.53. The summed E-state index contributed by atoms with van der Waals surface area (Å²) in [6, 6.07) is 16.8. The van der Waals surface area contributed by atoms with E-state index >= 15 is 0 Å². The Balaban J connectivity index is 1.88. The van der Waals surface area contributed by atoms with Crippen LogP contribution in [0.3, 0.4) is 0 Å². The van der Waals surface area contributed by atoms with Crippen LogP contribution in [0.1, 0.15) is 34.2 Å². The van der Waals surface area contributed by atoms with Gasteiger partial charge in [-0.05, 0) is 59.2 Å². The van der Waals surface area contributed by atoms with E-state index in [1.54, 1.807) is 11.6 Å². The fourth-order valence-corrected chi connectivity index (χ4v) is 3.97. The number of benzene rings is 2. The summed E-state index contributed by atoms with van der Waals surface area (Å²) >= 11 is 0. The van der Waals surface area contributed by atoms with E-state index in [2.05, 4.69) is 24.3 Å². The predicted molar refractivity (Wildman–Crippen MR) is 108 cm³/mol. The minimum Gasteiger partial charge on any atom is -0.318 e. The molecule has 0 atom stereocenters. The van der Waals surface area contributed by atoms with Crippen LogP contribution in [-0.2, 0) is 31.1 Å². The fraction of sp³-hybridized carbons (Fsp3) is 0.250. The average Bonchev–Trinajstić information content (AvgIpc) is 2.66. The van der Waals surface area contributed by atoms with Crippen molar-refractivity contribution in [1.29, 1.82) is 0 Å². The molecule has 0 aliphatic heterocycles. The number of hydrogen-bond acceptors (Lipinski definition) is 2. The summed E-state index contributed by atoms with van der Waals surface area (Å²) in [7, 11) is 1.80. The first-order valence-electron chi connectivity index (χ1n) is 9.39. The average molecular weight is 357 g/mol. The Labute approximate surface area is 159 Å². The van der Waals surface area contributed by atoms with E-state index in [4.69, 9.17) is 0 Å². The number of carbonyl (C=O) groups excluding carboxylic acids is 1. The molecular formula is C24H23NO2. The molecule has 1 heterocycles. The molecule has 3 nitrogen and oxygen atoms in total. The molecule has 0 fully saturated rings. The van der Waals surface area contributed by atoms with Gasteiger partial charge in [0.2, 0.25) is 0 Å². The number of fused-ring (bicyclic) bond motifs is 1. The van der Waals surface area contributed by atoms with Crippen molar-refractivity contribution in [2.24, 2.45) is 7.05 Å². The molecule has 0 spiro atoms. The van der Waals surface area contributed by atoms with E-state index in [0.29, 0.717) is 18.6 Å². The van der Waals surface area contributed by atoms with Gasteiger partial charge in [0.1, 0.15) is 5.78 Å². The standard InChI is InChI=1S/C24H23NO2/c1-16-10-21(15-25(2)24(16)27)23-14-18-8-9-22(26)13-19(18)12-20(23)11-17-6-4-3-5-7-17/h3-7,10,12,14-15H,8-9,11,13H2,1-2H3. The Bertz CT molecular complexity index is 1050. The zero-order valence-electron chi connectivity index (χ0n) is 15.8. The highest BCUT2D eigenvalue weighted by molar-refractivity contribution is 5.84. The summed E-state index contributed by atoms with van der Waals surface area (Å²) < 4.78 is 1.65. The number of carbonyl (C=O) groups is 1. The number of aryl methyl sites for hydroxylation is 3. The van der Waals surface area contributed by atoms with Crippen LogP contribution >= 0.6 is 0 Å². The Morgan fingerprint density at radius 3 is 2.48 bits per heavy atom. The third-order valence-electron chi connectivity index (χ3n) is 5.40. The van der Waals surface area contributed by atoms with Crippen LogP contribution in [0, 0.1) is 6.92 Å². The number of aromatic nitrogens is 1. The summed E-state index contributed by atoms with van der Waals surface area (Å²) in [6.45, 7) is 1.86. The lowest BCUT2D eigenvalue weighted by Gasteiger charge is -2.20. The SMILES string of the molecule is Cc1cc(-c2cc3c(cc2Cc2ccccc2)CC(=O)CC3)cn(C)c1=O. The summed E-state index contributed by atoms with van der Waals surface area (Å²) in [6.07, 6.45) is 4.68. The smallest absolute Gasteiger partial charge is 0.253 e. The van der Waals surface area contributed by atoms with Crippen LogP contribution in [0.2, 0.25) is 0 Å². The van der Waals surface area contributed by atoms with Crippen molar-refractivity contribution >= 4 is 5.78 Å². The van der Waals surface area contributed by atoms with E-state index in [1.807, 2.05) is 37.4 Å². The summed E-state index contributed by atoms with van der Waals surface area (Å²) in [5.41, 5.74) is 7.84. The van der Waals surface area contributed by atoms with Gasteiger partial charge in [-0.1, -0.05) is 42.5 Å². The molecule has 3 heteroatoms. The van der Waals surface area contributed by atoms with Gasteiger partial charge in [0, 0.05) is 31.6 Å². The fourth-order valence-electron chi connectivity index (χ4n) is 3.97. The third kappa shape index (κ3) is 3.50. The lowest BCUT2D eigenvalue weighted by molar-refractivity contribution is -0.118. The molecule has 0 bridgehead atoms. The molecule has 1 aliphatic carbocycles. The molecule has 136 valence electrons. The minimum atomic E-state index is 0.0342. The quantitative estimate of drug-likeness (QED) is 0.710. The first-order chi connectivity index (χ1) is 13.0. The van der Waals surface area contributed by atoms with Gasteiger partial charge in [-0.25, -0.2) is 0 Å². The van der Waals surface area contributed by atoms with Crippen LogP contribution in [0.25, 0.3) is 11.1 Å². The zero-order chi connectivity index (χ0) is 19.0. The highest BCUT2D eigenvalue weighted by atomic mass is 16.1. The van der Waals surface area contributed by atoms with Gasteiger partial charge < -0.3 is 4.57 Å². The normalized spacial score (nSPS) is 13.5. The van der Waals surface area contributed by atoms with Gasteiger partial charge in [0.05, 0.1) is 0 Å². The second-order valence-corrected chi connectivity index (χ2v) is 7.48. The zero-order valence-corrected chi connectivity index (χ0v) is 15.8. The predicted octanol–water partition coefficient (Wildman–Crippen LogP) is 4.01. The van der Waals surface area contributed by atoms with Gasteiger partial charge in [0.15, 0.2) is 0 Å². The van der Waals surface area contributed by atoms with E-state index < -0.39 is 0 Å². The number of ketones is 1. The Hall–Kier alpha value is -2.94. The third-order valence-corrected chi connectivity index (χ3v) is 5.40. The Morgan fingerprint density at radius 2 is 1.74 bits per heavy atom. The number of Topliss-reactive ketones (excluding diaryl/α,β-unsaturated/α-hetero) is 1. The summed E-state index contributed by atoms with van der Waals surface area (Å²) in [5, 5.41) is 0. The van der Waals surface area contributed by atoms with Crippen LogP contribution in [0.5, 0.6) is 0 Å². The first-order valence-corrected chi connectivity index (χ1v) is 9.39. The lowest BCUT2D eigenvalue weighted by atomic mass is 9.84. The molecule has 27 heavy (non-hydrogen) atoms. The molecule has 1 aromatic heterocycles. The number of hydrogen-bond donors (Lipinski definition) is 0. The van der Waals surface area contributed by atoms with Gasteiger partial charge in [-0.2, -0.15) is 0 Å². The first kappa shape index (κ1) is 17.5. The molecule has 0 N–H and O–H groups in total. The maximum absolute atomic E-state index is 12.1. The molecule has 0 saturated heterocycles. The lowest BCUT2D eigenvalue weighted by Crippen LogP contribution is -2.19. The molecule has 4 rings (SSSR count). The van der Waals surface area contributed by atoms with Crippen molar-refractivity contribution in [3.63, 3.8) is 0 Å². The van der Waals surface area contributed by atoms with E-state index in [9.17, 15) is 9.59 Å². The summed E-state index contributed by atoms with van der Waals surface area (Å²) in [4.78, 5) is 24.1. The van der Waals surface area contributed by atoms with Crippen molar-refractivity contribution in [2.45, 2.75) is 32.6 Å². The second-order valence-electron chi connectivity index (χ2n) is 7.48. The van der Waals surface area contributed by atoms with Crippen molar-refractivity contribution < 1.29 is 4.79 Å². The van der Waals surface area contributed by atoms with Crippen LogP contribution in [-0.4, -0.2) is 10.4 Å². The second kappa shape index (κ2) is 6.99. The molecule has 1 aliphatic rings. The minimum absolute atomic E-state index is 0.0342. The van der Waals surface area contributed by atoms with E-state index in [-0.39, 0.29) is 5.56 Å². The van der Waals surface area contributed by atoms with E-state index in [1.165, 1.54) is 16.7 Å². The maximum Gasteiger partial charge on any atom is 0.253 e. The monoisotopic (exact) mass is 357 g/mol. The van der Waals surface area contributed by atoms with Crippen molar-refractivity contribution in [1.82, 2.24) is 4.57 Å². The largest absolute Gasteiger partial charge is 0.318 e. The molecule has 0 unspecified atom stereocenters. The van der Waals surface area contributed by atoms with Crippen LogP contribution < -0.4 is 5.56 Å². The molecule has 3 aromatic rings. The van der Waals surface area contributed by atoms with Crippen LogP contribution in [0.4, 0.5) is 0 Å². The van der Waals surface area contributed by atoms with Gasteiger partial charge in [-0.15, -0.1) is 0 Å². The molecular weight excluding hydrogens is 334 g/mol. The molecule has 0 radical (unpaired) electrons. The van der Waals surface area contributed by atoms with Crippen LogP contribution in [0.15, 0.2) is 59.5 Å². The highest BCUT2D eigenvalue weighted by Gasteiger charge is 2.19. The van der Waals surface area contributed by atoms with Crippen molar-refractivity contribution in [3.8, 4) is 11.1 Å². The van der Waals surface area contributed by atoms with Gasteiger partial charge in [0.25, 0.3) is 5.56 Å². The molecule has 2 aromatic carbocycles. The number of rotatable bonds is 3. The maximum atomic E-state index is 12.1.